The number of rotatable bonds is 6. The maximum absolute atomic E-state index is 13.7. The highest BCUT2D eigenvalue weighted by Crippen LogP contribution is 2.37. The molecular formula is C20H14F6N4O3. The highest BCUT2D eigenvalue weighted by atomic mass is 19.4. The first-order chi connectivity index (χ1) is 15.6. The lowest BCUT2D eigenvalue weighted by atomic mass is 10.0. The van der Waals surface area contributed by atoms with Crippen LogP contribution >= 0.6 is 0 Å². The third-order valence-corrected chi connectivity index (χ3v) is 4.70. The molecule has 2 aliphatic rings. The van der Waals surface area contributed by atoms with Gasteiger partial charge in [0.1, 0.15) is 11.6 Å². The summed E-state index contributed by atoms with van der Waals surface area (Å²) in [7, 11) is 0. The van der Waals surface area contributed by atoms with E-state index in [-0.39, 0.29) is 34.8 Å². The lowest BCUT2D eigenvalue weighted by molar-refractivity contribution is -0.165. The number of benzene rings is 1. The second-order valence-corrected chi connectivity index (χ2v) is 6.88. The molecule has 0 aliphatic carbocycles. The molecule has 0 bridgehead atoms. The lowest BCUT2D eigenvalue weighted by Crippen LogP contribution is -2.35. The van der Waals surface area contributed by atoms with Gasteiger partial charge in [0.15, 0.2) is 6.61 Å². The normalized spacial score (nSPS) is 17.8. The van der Waals surface area contributed by atoms with Crippen molar-refractivity contribution in [2.45, 2.75) is 25.7 Å². The van der Waals surface area contributed by atoms with Gasteiger partial charge in [-0.2, -0.15) is 22.0 Å². The van der Waals surface area contributed by atoms with Gasteiger partial charge in [0.2, 0.25) is 6.35 Å². The Hall–Kier alpha value is -3.61. The molecule has 7 nitrogen and oxygen atoms in total. The molecule has 1 atom stereocenters. The number of pyridine rings is 1. The van der Waals surface area contributed by atoms with Gasteiger partial charge in [-0.05, 0) is 18.2 Å². The predicted molar refractivity (Wildman–Crippen MR) is 102 cm³/mol. The topological polar surface area (TPSA) is 76.0 Å². The van der Waals surface area contributed by atoms with Crippen molar-refractivity contribution < 1.29 is 40.6 Å². The summed E-state index contributed by atoms with van der Waals surface area (Å²) >= 11 is 0. The second-order valence-electron chi connectivity index (χ2n) is 6.88. The number of hydrogen-bond donors (Lipinski definition) is 1. The Labute approximate surface area is 182 Å². The molecule has 2 aromatic rings. The molecule has 0 saturated carbocycles. The molecule has 0 spiro atoms. The second kappa shape index (κ2) is 8.73. The molecule has 2 aliphatic heterocycles. The van der Waals surface area contributed by atoms with Gasteiger partial charge in [-0.1, -0.05) is 0 Å². The first-order valence-corrected chi connectivity index (χ1v) is 9.34. The van der Waals surface area contributed by atoms with Crippen molar-refractivity contribution in [2.24, 2.45) is 4.99 Å². The lowest BCUT2D eigenvalue weighted by Gasteiger charge is -2.23. The Bertz CT molecular complexity index is 1140. The summed E-state index contributed by atoms with van der Waals surface area (Å²) in [5.74, 6) is -1.66. The van der Waals surface area contributed by atoms with Crippen LogP contribution in [0.25, 0.3) is 11.3 Å². The number of allylic oxidation sites excluding steroid dienone is 1. The van der Waals surface area contributed by atoms with E-state index in [0.29, 0.717) is 5.56 Å². The third-order valence-electron chi connectivity index (χ3n) is 4.70. The fraction of sp³-hybridized carbons (Fsp3) is 0.250. The van der Waals surface area contributed by atoms with Gasteiger partial charge in [-0.15, -0.1) is 0 Å². The minimum Gasteiger partial charge on any atom is -0.483 e. The highest BCUT2D eigenvalue weighted by molar-refractivity contribution is 6.04. The Morgan fingerprint density at radius 2 is 2.00 bits per heavy atom. The van der Waals surface area contributed by atoms with E-state index in [1.54, 1.807) is 0 Å². The van der Waals surface area contributed by atoms with Crippen molar-refractivity contribution in [2.75, 3.05) is 6.61 Å². The number of nitrogens with one attached hydrogen (secondary N) is 1. The van der Waals surface area contributed by atoms with Gasteiger partial charge in [0, 0.05) is 35.2 Å². The molecule has 1 amide bonds. The maximum Gasteiger partial charge on any atom is 0.422 e. The van der Waals surface area contributed by atoms with Crippen molar-refractivity contribution in [3.63, 3.8) is 0 Å². The first kappa shape index (κ1) is 22.6. The van der Waals surface area contributed by atoms with Crippen molar-refractivity contribution in [1.29, 1.82) is 0 Å². The summed E-state index contributed by atoms with van der Waals surface area (Å²) in [5, 5.41) is 2.48. The van der Waals surface area contributed by atoms with Crippen LogP contribution in [0.2, 0.25) is 0 Å². The van der Waals surface area contributed by atoms with E-state index in [4.69, 9.17) is 4.74 Å². The van der Waals surface area contributed by atoms with Gasteiger partial charge in [0.05, 0.1) is 24.2 Å². The Kier molecular flexibility index (Phi) is 5.97. The molecule has 1 N–H and O–H groups in total. The van der Waals surface area contributed by atoms with Crippen molar-refractivity contribution >= 4 is 12.1 Å². The smallest absolute Gasteiger partial charge is 0.422 e. The largest absolute Gasteiger partial charge is 0.483 e. The molecule has 33 heavy (non-hydrogen) atoms. The molecule has 0 fully saturated rings. The number of alkyl halides is 5. The number of carbonyl (C=O) groups excluding carboxylic acids is 1. The number of amides is 1. The molecular weight excluding hydrogens is 458 g/mol. The standard InChI is InChI=1S/C20H14F6N4O3/c21-10-1-2-13(15(5-10)32-9-20(24,25)26)16-14-8-30(17(31)12(14)3-4-27-16)11-6-28-19(29-7-11)33-18(22)23/h1-7,18-19,28H,8-9H2. The van der Waals surface area contributed by atoms with E-state index in [1.807, 2.05) is 0 Å². The molecule has 0 saturated heterocycles. The number of halogens is 6. The van der Waals surface area contributed by atoms with Crippen LogP contribution in [-0.4, -0.2) is 47.8 Å². The summed E-state index contributed by atoms with van der Waals surface area (Å²) in [6.45, 7) is -4.74. The van der Waals surface area contributed by atoms with Crippen LogP contribution in [0.5, 0.6) is 5.75 Å². The number of fused-ring (bicyclic) bond motifs is 1. The third kappa shape index (κ3) is 4.92. The molecule has 0 radical (unpaired) electrons. The van der Waals surface area contributed by atoms with Crippen LogP contribution < -0.4 is 10.1 Å². The van der Waals surface area contributed by atoms with Crippen molar-refractivity contribution in [3.8, 4) is 17.0 Å². The van der Waals surface area contributed by atoms with Crippen molar-refractivity contribution in [3.05, 3.63) is 59.3 Å². The Morgan fingerprint density at radius 1 is 1.21 bits per heavy atom. The van der Waals surface area contributed by atoms with Crippen molar-refractivity contribution in [1.82, 2.24) is 15.2 Å². The minimum absolute atomic E-state index is 0.0483. The van der Waals surface area contributed by atoms with E-state index >= 15 is 0 Å². The quantitative estimate of drug-likeness (QED) is 0.647. The summed E-state index contributed by atoms with van der Waals surface area (Å²) in [6.07, 6.45) is -2.23. The zero-order chi connectivity index (χ0) is 23.8. The SMILES string of the molecule is O=C1c2ccnc(-c3ccc(F)cc3OCC(F)(F)F)c2CN1C1=CNC(OC(F)F)N=C1. The molecule has 4 rings (SSSR count). The summed E-state index contributed by atoms with van der Waals surface area (Å²) in [4.78, 5) is 22.1. The van der Waals surface area contributed by atoms with Crippen LogP contribution in [0.1, 0.15) is 15.9 Å². The van der Waals surface area contributed by atoms with Crippen LogP contribution in [0, 0.1) is 5.82 Å². The highest BCUT2D eigenvalue weighted by Gasteiger charge is 2.34. The fourth-order valence-corrected chi connectivity index (χ4v) is 3.34. The van der Waals surface area contributed by atoms with Crippen LogP contribution in [0.3, 0.4) is 0 Å². The average Bonchev–Trinajstić information content (AvgIpc) is 3.09. The number of ether oxygens (including phenoxy) is 2. The molecule has 1 aromatic heterocycles. The predicted octanol–water partition coefficient (Wildman–Crippen LogP) is 3.82. The van der Waals surface area contributed by atoms with Crippen LogP contribution in [0.15, 0.2) is 47.4 Å². The van der Waals surface area contributed by atoms with Gasteiger partial charge in [-0.25, -0.2) is 9.38 Å². The molecule has 1 unspecified atom stereocenters. The van der Waals surface area contributed by atoms with Crippen LogP contribution in [-0.2, 0) is 11.3 Å². The van der Waals surface area contributed by atoms with Gasteiger partial charge < -0.3 is 15.0 Å². The molecule has 1 aromatic carbocycles. The van der Waals surface area contributed by atoms with E-state index in [9.17, 15) is 31.1 Å². The molecule has 13 heteroatoms. The number of aliphatic imine (C=N–C) groups is 1. The van der Waals surface area contributed by atoms with E-state index in [2.05, 4.69) is 20.0 Å². The number of nitrogens with zero attached hydrogens (tertiary/aromatic N) is 3. The van der Waals surface area contributed by atoms with Gasteiger partial charge >= 0.3 is 12.8 Å². The van der Waals surface area contributed by atoms with Crippen LogP contribution in [0.4, 0.5) is 26.3 Å². The fourth-order valence-electron chi connectivity index (χ4n) is 3.34. The van der Waals surface area contributed by atoms with Gasteiger partial charge in [-0.3, -0.25) is 14.5 Å². The zero-order valence-corrected chi connectivity index (χ0v) is 16.4. The summed E-state index contributed by atoms with van der Waals surface area (Å²) in [6, 6.07) is 4.48. The Morgan fingerprint density at radius 3 is 2.67 bits per heavy atom. The number of aromatic nitrogens is 1. The van der Waals surface area contributed by atoms with E-state index < -0.39 is 37.5 Å². The monoisotopic (exact) mass is 472 g/mol. The summed E-state index contributed by atoms with van der Waals surface area (Å²) in [5.41, 5.74) is 1.03. The first-order valence-electron chi connectivity index (χ1n) is 9.34. The average molecular weight is 472 g/mol. The van der Waals surface area contributed by atoms with E-state index in [1.165, 1.54) is 35.6 Å². The summed E-state index contributed by atoms with van der Waals surface area (Å²) < 4.78 is 85.3. The molecule has 174 valence electrons. The Balaban J connectivity index is 1.63. The minimum atomic E-state index is -4.64. The zero-order valence-electron chi connectivity index (χ0n) is 16.4. The maximum atomic E-state index is 13.7. The van der Waals surface area contributed by atoms with E-state index in [0.717, 1.165) is 12.1 Å². The number of hydrogen-bond acceptors (Lipinski definition) is 6. The van der Waals surface area contributed by atoms with Gasteiger partial charge in [0.25, 0.3) is 5.91 Å². The molecule has 3 heterocycles. The number of carbonyl (C=O) groups is 1.